The van der Waals surface area contributed by atoms with Gasteiger partial charge in [-0.2, -0.15) is 4.31 Å². The number of carbonyl (C=O) groups is 1. The van der Waals surface area contributed by atoms with Crippen molar-refractivity contribution in [3.63, 3.8) is 0 Å². The van der Waals surface area contributed by atoms with Gasteiger partial charge >= 0.3 is 0 Å². The summed E-state index contributed by atoms with van der Waals surface area (Å²) >= 11 is 0. The number of amides is 1. The maximum absolute atomic E-state index is 13.9. The molecule has 1 heterocycles. The van der Waals surface area contributed by atoms with E-state index in [1.54, 1.807) is 0 Å². The summed E-state index contributed by atoms with van der Waals surface area (Å²) < 4.78 is 53.5. The van der Waals surface area contributed by atoms with Crippen molar-refractivity contribution in [2.45, 2.75) is 11.4 Å². The highest BCUT2D eigenvalue weighted by molar-refractivity contribution is 7.89. The highest BCUT2D eigenvalue weighted by atomic mass is 32.2. The van der Waals surface area contributed by atoms with Crippen molar-refractivity contribution in [1.82, 2.24) is 9.62 Å². The number of nitrogens with one attached hydrogen (secondary N) is 2. The highest BCUT2D eigenvalue weighted by Crippen LogP contribution is 2.20. The average molecular weight is 410 g/mol. The molecular formula is C19H22F2N3O3S+. The molecule has 1 saturated heterocycles. The predicted molar refractivity (Wildman–Crippen MR) is 99.0 cm³/mol. The second-order valence-corrected chi connectivity index (χ2v) is 8.57. The van der Waals surface area contributed by atoms with Crippen LogP contribution < -0.4 is 10.2 Å². The second kappa shape index (κ2) is 8.76. The molecule has 0 spiro atoms. The van der Waals surface area contributed by atoms with Gasteiger partial charge in [-0.3, -0.25) is 4.79 Å². The number of hydrogen-bond donors (Lipinski definition) is 2. The third kappa shape index (κ3) is 4.92. The number of quaternary nitrogens is 1. The monoisotopic (exact) mass is 410 g/mol. The maximum Gasteiger partial charge on any atom is 0.275 e. The van der Waals surface area contributed by atoms with E-state index in [1.807, 2.05) is 30.3 Å². The van der Waals surface area contributed by atoms with E-state index in [0.717, 1.165) is 26.9 Å². The van der Waals surface area contributed by atoms with Crippen LogP contribution in [0.5, 0.6) is 0 Å². The van der Waals surface area contributed by atoms with Gasteiger partial charge in [0.2, 0.25) is 10.0 Å². The number of carbonyl (C=O) groups excluding carboxylic acids is 1. The van der Waals surface area contributed by atoms with Crippen LogP contribution in [0.3, 0.4) is 0 Å². The Morgan fingerprint density at radius 1 is 1.07 bits per heavy atom. The van der Waals surface area contributed by atoms with Gasteiger partial charge in [-0.05, 0) is 23.8 Å². The van der Waals surface area contributed by atoms with Crippen molar-refractivity contribution in [2.75, 3.05) is 32.7 Å². The minimum atomic E-state index is -4.11. The molecule has 0 radical (unpaired) electrons. The van der Waals surface area contributed by atoms with E-state index < -0.39 is 26.6 Å². The van der Waals surface area contributed by atoms with Gasteiger partial charge in [-0.25, -0.2) is 17.2 Å². The molecular weight excluding hydrogens is 388 g/mol. The summed E-state index contributed by atoms with van der Waals surface area (Å²) in [6, 6.07) is 11.9. The van der Waals surface area contributed by atoms with Crippen molar-refractivity contribution < 1.29 is 26.9 Å². The molecule has 9 heteroatoms. The van der Waals surface area contributed by atoms with Crippen LogP contribution in [0.4, 0.5) is 8.78 Å². The first-order valence-corrected chi connectivity index (χ1v) is 10.4. The number of rotatable bonds is 6. The molecule has 0 unspecified atom stereocenters. The van der Waals surface area contributed by atoms with Crippen molar-refractivity contribution in [1.29, 1.82) is 0 Å². The molecule has 2 aromatic rings. The lowest BCUT2D eigenvalue weighted by Crippen LogP contribution is -3.15. The quantitative estimate of drug-likeness (QED) is 0.713. The number of benzene rings is 2. The molecule has 3 rings (SSSR count). The van der Waals surface area contributed by atoms with Gasteiger partial charge in [0.15, 0.2) is 6.54 Å². The topological polar surface area (TPSA) is 70.9 Å². The van der Waals surface area contributed by atoms with Crippen LogP contribution >= 0.6 is 0 Å². The predicted octanol–water partition coefficient (Wildman–Crippen LogP) is 0.170. The van der Waals surface area contributed by atoms with Crippen LogP contribution in [0.25, 0.3) is 0 Å². The fourth-order valence-electron chi connectivity index (χ4n) is 3.12. The second-order valence-electron chi connectivity index (χ2n) is 6.67. The Kier molecular flexibility index (Phi) is 6.38. The summed E-state index contributed by atoms with van der Waals surface area (Å²) in [6.45, 7) is 1.77. The van der Waals surface area contributed by atoms with Gasteiger partial charge in [-0.15, -0.1) is 0 Å². The Balaban J connectivity index is 1.52. The minimum absolute atomic E-state index is 0.119. The molecule has 0 saturated carbocycles. The third-order valence-corrected chi connectivity index (χ3v) is 6.60. The molecule has 1 aliphatic rings. The summed E-state index contributed by atoms with van der Waals surface area (Å²) in [6.07, 6.45) is 0. The molecule has 0 atom stereocenters. The molecule has 6 nitrogen and oxygen atoms in total. The van der Waals surface area contributed by atoms with Crippen LogP contribution in [0.2, 0.25) is 0 Å². The first-order valence-electron chi connectivity index (χ1n) is 8.95. The summed E-state index contributed by atoms with van der Waals surface area (Å²) in [4.78, 5) is 12.4. The molecule has 0 aliphatic carbocycles. The van der Waals surface area contributed by atoms with Crippen molar-refractivity contribution >= 4 is 15.9 Å². The van der Waals surface area contributed by atoms with Crippen molar-refractivity contribution in [3.05, 3.63) is 65.7 Å². The highest BCUT2D eigenvalue weighted by Gasteiger charge is 2.33. The lowest BCUT2D eigenvalue weighted by Gasteiger charge is -2.31. The van der Waals surface area contributed by atoms with Crippen LogP contribution in [0.1, 0.15) is 5.56 Å². The number of nitrogens with zero attached hydrogens (tertiary/aromatic N) is 1. The SMILES string of the molecule is O=C(C[NH+]1CCN(S(=O)(=O)c2cc(F)ccc2F)CC1)NCc1ccccc1. The van der Waals surface area contributed by atoms with Gasteiger partial charge in [0.05, 0.1) is 26.2 Å². The van der Waals surface area contributed by atoms with E-state index in [9.17, 15) is 22.0 Å². The number of hydrogen-bond acceptors (Lipinski definition) is 3. The molecule has 150 valence electrons. The molecule has 0 aromatic heterocycles. The standard InChI is InChI=1S/C19H21F2N3O3S/c20-16-6-7-17(21)18(12-16)28(26,27)24-10-8-23(9-11-24)14-19(25)22-13-15-4-2-1-3-5-15/h1-7,12H,8-11,13-14H2,(H,22,25)/p+1. The first-order chi connectivity index (χ1) is 13.4. The molecule has 0 bridgehead atoms. The Hall–Kier alpha value is -2.36. The van der Waals surface area contributed by atoms with Gasteiger partial charge in [0.1, 0.15) is 16.5 Å². The van der Waals surface area contributed by atoms with Gasteiger partial charge in [0, 0.05) is 6.54 Å². The Bertz CT molecular complexity index is 931. The molecule has 2 aromatic carbocycles. The largest absolute Gasteiger partial charge is 0.347 e. The Morgan fingerprint density at radius 2 is 1.75 bits per heavy atom. The zero-order valence-electron chi connectivity index (χ0n) is 15.2. The number of halogens is 2. The minimum Gasteiger partial charge on any atom is -0.347 e. The maximum atomic E-state index is 13.9. The van der Waals surface area contributed by atoms with Crippen LogP contribution in [-0.2, 0) is 21.4 Å². The number of piperazine rings is 1. The zero-order chi connectivity index (χ0) is 20.1. The zero-order valence-corrected chi connectivity index (χ0v) is 16.0. The molecule has 1 amide bonds. The summed E-state index contributed by atoms with van der Waals surface area (Å²) in [5, 5.41) is 2.84. The molecule has 28 heavy (non-hydrogen) atoms. The van der Waals surface area contributed by atoms with E-state index in [2.05, 4.69) is 5.32 Å². The average Bonchev–Trinajstić information content (AvgIpc) is 2.69. The summed E-state index contributed by atoms with van der Waals surface area (Å²) in [7, 11) is -4.11. The van der Waals surface area contributed by atoms with Crippen molar-refractivity contribution in [2.24, 2.45) is 0 Å². The smallest absolute Gasteiger partial charge is 0.275 e. The summed E-state index contributed by atoms with van der Waals surface area (Å²) in [5.41, 5.74) is 0.999. The normalized spacial score (nSPS) is 16.1. The third-order valence-electron chi connectivity index (χ3n) is 4.68. The van der Waals surface area contributed by atoms with Crippen LogP contribution in [-0.4, -0.2) is 51.4 Å². The fraction of sp³-hybridized carbons (Fsp3) is 0.316. The van der Waals surface area contributed by atoms with Crippen LogP contribution in [0, 0.1) is 11.6 Å². The Labute approximate surface area is 162 Å². The van der Waals surface area contributed by atoms with Crippen LogP contribution in [0.15, 0.2) is 53.4 Å². The van der Waals surface area contributed by atoms with E-state index in [0.29, 0.717) is 25.7 Å². The van der Waals surface area contributed by atoms with Gasteiger partial charge in [-0.1, -0.05) is 30.3 Å². The van der Waals surface area contributed by atoms with Gasteiger partial charge < -0.3 is 10.2 Å². The van der Waals surface area contributed by atoms with Gasteiger partial charge in [0.25, 0.3) is 5.91 Å². The van der Waals surface area contributed by atoms with Crippen molar-refractivity contribution in [3.8, 4) is 0 Å². The molecule has 2 N–H and O–H groups in total. The number of sulfonamides is 1. The van der Waals surface area contributed by atoms with E-state index in [4.69, 9.17) is 0 Å². The lowest BCUT2D eigenvalue weighted by molar-refractivity contribution is -0.895. The fourth-order valence-corrected chi connectivity index (χ4v) is 4.64. The summed E-state index contributed by atoms with van der Waals surface area (Å²) in [5.74, 6) is -1.90. The lowest BCUT2D eigenvalue weighted by atomic mass is 10.2. The molecule has 1 aliphatic heterocycles. The Morgan fingerprint density at radius 3 is 2.43 bits per heavy atom. The van der Waals surface area contributed by atoms with E-state index in [1.165, 1.54) is 0 Å². The van der Waals surface area contributed by atoms with E-state index >= 15 is 0 Å². The first kappa shape index (κ1) is 20.4. The molecule has 1 fully saturated rings. The van der Waals surface area contributed by atoms with E-state index in [-0.39, 0.29) is 25.5 Å².